The zero-order valence-electron chi connectivity index (χ0n) is 16.2. The molecule has 0 aromatic heterocycles. The van der Waals surface area contributed by atoms with Gasteiger partial charge in [-0.25, -0.2) is 0 Å². The summed E-state index contributed by atoms with van der Waals surface area (Å²) in [7, 11) is 0. The SMILES string of the molecule is CCc1ccc(OC[C@H](O)C[NH+]2CCN(c3cc(Cl)ccc3C)CC2)cc1. The smallest absolute Gasteiger partial charge is 0.137 e. The minimum Gasteiger partial charge on any atom is -0.491 e. The van der Waals surface area contributed by atoms with Crippen LogP contribution in [0, 0.1) is 6.92 Å². The highest BCUT2D eigenvalue weighted by Crippen LogP contribution is 2.24. The third kappa shape index (κ3) is 5.61. The Morgan fingerprint density at radius 3 is 2.52 bits per heavy atom. The maximum Gasteiger partial charge on any atom is 0.137 e. The lowest BCUT2D eigenvalue weighted by Crippen LogP contribution is -3.16. The molecule has 5 heteroatoms. The highest BCUT2D eigenvalue weighted by molar-refractivity contribution is 6.30. The highest BCUT2D eigenvalue weighted by atomic mass is 35.5. The third-order valence-electron chi connectivity index (χ3n) is 5.28. The Morgan fingerprint density at radius 2 is 1.85 bits per heavy atom. The molecule has 0 amide bonds. The molecule has 1 atom stereocenters. The number of hydrogen-bond acceptors (Lipinski definition) is 3. The van der Waals surface area contributed by atoms with Crippen LogP contribution in [-0.4, -0.2) is 50.5 Å². The molecule has 4 nitrogen and oxygen atoms in total. The Bertz CT molecular complexity index is 728. The zero-order valence-corrected chi connectivity index (χ0v) is 17.0. The number of nitrogens with one attached hydrogen (secondary N) is 1. The predicted molar refractivity (Wildman–Crippen MR) is 111 cm³/mol. The number of quaternary nitrogens is 1. The molecule has 2 aromatic rings. The van der Waals surface area contributed by atoms with Crippen molar-refractivity contribution in [3.05, 3.63) is 58.6 Å². The van der Waals surface area contributed by atoms with Crippen LogP contribution in [-0.2, 0) is 6.42 Å². The van der Waals surface area contributed by atoms with E-state index in [2.05, 4.69) is 36.9 Å². The van der Waals surface area contributed by atoms with Crippen LogP contribution in [0.15, 0.2) is 42.5 Å². The Hall–Kier alpha value is -1.75. The van der Waals surface area contributed by atoms with Crippen molar-refractivity contribution in [3.8, 4) is 5.75 Å². The number of halogens is 1. The van der Waals surface area contributed by atoms with Crippen LogP contribution in [0.2, 0.25) is 5.02 Å². The molecule has 1 fully saturated rings. The van der Waals surface area contributed by atoms with E-state index in [9.17, 15) is 5.11 Å². The van der Waals surface area contributed by atoms with Gasteiger partial charge in [-0.15, -0.1) is 0 Å². The first-order valence-corrected chi connectivity index (χ1v) is 10.2. The summed E-state index contributed by atoms with van der Waals surface area (Å²) in [4.78, 5) is 3.81. The van der Waals surface area contributed by atoms with E-state index in [4.69, 9.17) is 16.3 Å². The molecule has 146 valence electrons. The average Bonchev–Trinajstić information content (AvgIpc) is 2.69. The van der Waals surface area contributed by atoms with Crippen LogP contribution in [0.1, 0.15) is 18.1 Å². The molecule has 1 heterocycles. The van der Waals surface area contributed by atoms with Crippen molar-refractivity contribution in [1.82, 2.24) is 0 Å². The minimum absolute atomic E-state index is 0.339. The van der Waals surface area contributed by atoms with Crippen LogP contribution in [0.5, 0.6) is 5.75 Å². The standard InChI is InChI=1S/C22H29ClN2O2/c1-3-18-5-8-21(9-6-18)27-16-20(26)15-24-10-12-25(13-11-24)22-14-19(23)7-4-17(22)2/h4-9,14,20,26H,3,10-13,15-16H2,1-2H3/p+1/t20-/m1/s1. The van der Waals surface area contributed by atoms with Gasteiger partial charge in [0.2, 0.25) is 0 Å². The quantitative estimate of drug-likeness (QED) is 0.763. The molecule has 0 radical (unpaired) electrons. The number of aliphatic hydroxyl groups excluding tert-OH is 1. The Balaban J connectivity index is 1.43. The van der Waals surface area contributed by atoms with Gasteiger partial charge in [-0.05, 0) is 48.7 Å². The minimum atomic E-state index is -0.453. The van der Waals surface area contributed by atoms with Crippen LogP contribution in [0.3, 0.4) is 0 Å². The first-order valence-electron chi connectivity index (χ1n) is 9.79. The van der Waals surface area contributed by atoms with Crippen molar-refractivity contribution < 1.29 is 14.7 Å². The van der Waals surface area contributed by atoms with Crippen LogP contribution < -0.4 is 14.5 Å². The third-order valence-corrected chi connectivity index (χ3v) is 5.52. The fourth-order valence-corrected chi connectivity index (χ4v) is 3.76. The second kappa shape index (κ2) is 9.45. The first kappa shape index (κ1) is 20.0. The van der Waals surface area contributed by atoms with Crippen molar-refractivity contribution in [2.24, 2.45) is 0 Å². The van der Waals surface area contributed by atoms with E-state index in [1.54, 1.807) is 0 Å². The first-order chi connectivity index (χ1) is 13.0. The molecule has 0 unspecified atom stereocenters. The summed E-state index contributed by atoms with van der Waals surface area (Å²) in [6.45, 7) is 9.28. The molecule has 2 N–H and O–H groups in total. The maximum atomic E-state index is 10.4. The van der Waals surface area contributed by atoms with Gasteiger partial charge in [0.05, 0.1) is 26.2 Å². The molecule has 2 aromatic carbocycles. The summed E-state index contributed by atoms with van der Waals surface area (Å²) >= 11 is 6.16. The number of rotatable bonds is 7. The summed E-state index contributed by atoms with van der Waals surface area (Å²) in [5, 5.41) is 11.1. The van der Waals surface area contributed by atoms with E-state index in [1.807, 2.05) is 24.3 Å². The van der Waals surface area contributed by atoms with Gasteiger partial charge in [0.25, 0.3) is 0 Å². The lowest BCUT2D eigenvalue weighted by molar-refractivity contribution is -0.903. The number of aryl methyl sites for hydroxylation is 2. The molecule has 1 aliphatic rings. The van der Waals surface area contributed by atoms with Gasteiger partial charge < -0.3 is 19.6 Å². The summed E-state index contributed by atoms with van der Waals surface area (Å²) in [6, 6.07) is 14.2. The molecule has 0 bridgehead atoms. The lowest BCUT2D eigenvalue weighted by Gasteiger charge is -2.35. The van der Waals surface area contributed by atoms with Gasteiger partial charge in [0.15, 0.2) is 0 Å². The number of hydrogen-bond donors (Lipinski definition) is 2. The summed E-state index contributed by atoms with van der Waals surface area (Å²) < 4.78 is 5.74. The van der Waals surface area contributed by atoms with Gasteiger partial charge >= 0.3 is 0 Å². The molecular weight excluding hydrogens is 360 g/mol. The van der Waals surface area contributed by atoms with E-state index < -0.39 is 6.10 Å². The number of anilines is 1. The molecule has 3 rings (SSSR count). The Morgan fingerprint density at radius 1 is 1.15 bits per heavy atom. The summed E-state index contributed by atoms with van der Waals surface area (Å²) in [6.07, 6.45) is 0.567. The van der Waals surface area contributed by atoms with Gasteiger partial charge in [-0.3, -0.25) is 0 Å². The lowest BCUT2D eigenvalue weighted by atomic mass is 10.1. The van der Waals surface area contributed by atoms with Gasteiger partial charge in [-0.2, -0.15) is 0 Å². The highest BCUT2D eigenvalue weighted by Gasteiger charge is 2.23. The zero-order chi connectivity index (χ0) is 19.2. The predicted octanol–water partition coefficient (Wildman–Crippen LogP) is 2.36. The summed E-state index contributed by atoms with van der Waals surface area (Å²) in [5.74, 6) is 0.822. The number of ether oxygens (including phenoxy) is 1. The topological polar surface area (TPSA) is 37.1 Å². The largest absolute Gasteiger partial charge is 0.491 e. The van der Waals surface area contributed by atoms with Crippen LogP contribution in [0.25, 0.3) is 0 Å². The van der Waals surface area contributed by atoms with Crippen molar-refractivity contribution in [2.45, 2.75) is 26.4 Å². The molecule has 0 spiro atoms. The van der Waals surface area contributed by atoms with E-state index in [0.29, 0.717) is 6.61 Å². The van der Waals surface area contributed by atoms with Crippen molar-refractivity contribution in [2.75, 3.05) is 44.2 Å². The number of aliphatic hydroxyl groups is 1. The molecule has 1 aliphatic heterocycles. The number of nitrogens with zero attached hydrogens (tertiary/aromatic N) is 1. The van der Waals surface area contributed by atoms with E-state index in [1.165, 1.54) is 21.7 Å². The molecule has 1 saturated heterocycles. The van der Waals surface area contributed by atoms with Gasteiger partial charge in [0, 0.05) is 10.7 Å². The fourth-order valence-electron chi connectivity index (χ4n) is 3.60. The number of benzene rings is 2. The van der Waals surface area contributed by atoms with Gasteiger partial charge in [-0.1, -0.05) is 36.7 Å². The molecule has 0 aliphatic carbocycles. The maximum absolute atomic E-state index is 10.4. The van der Waals surface area contributed by atoms with E-state index >= 15 is 0 Å². The summed E-state index contributed by atoms with van der Waals surface area (Å²) in [5.41, 5.74) is 3.77. The van der Waals surface area contributed by atoms with Crippen molar-refractivity contribution in [1.29, 1.82) is 0 Å². The van der Waals surface area contributed by atoms with E-state index in [0.717, 1.165) is 49.9 Å². The molecular formula is C22H30ClN2O2+. The fraction of sp³-hybridized carbons (Fsp3) is 0.455. The molecule has 27 heavy (non-hydrogen) atoms. The van der Waals surface area contributed by atoms with Crippen LogP contribution >= 0.6 is 11.6 Å². The second-order valence-electron chi connectivity index (χ2n) is 7.33. The second-order valence-corrected chi connectivity index (χ2v) is 7.77. The van der Waals surface area contributed by atoms with Crippen molar-refractivity contribution in [3.63, 3.8) is 0 Å². The number of piperazine rings is 1. The average molecular weight is 390 g/mol. The van der Waals surface area contributed by atoms with Crippen LogP contribution in [0.4, 0.5) is 5.69 Å². The monoisotopic (exact) mass is 389 g/mol. The Kier molecular flexibility index (Phi) is 7.00. The molecule has 0 saturated carbocycles. The van der Waals surface area contributed by atoms with Gasteiger partial charge in [0.1, 0.15) is 25.0 Å². The normalized spacial score (nSPS) is 16.4. The Labute approximate surface area is 167 Å². The van der Waals surface area contributed by atoms with Crippen molar-refractivity contribution >= 4 is 17.3 Å². The van der Waals surface area contributed by atoms with E-state index in [-0.39, 0.29) is 0 Å².